The quantitative estimate of drug-likeness (QED) is 0.597. The monoisotopic (exact) mass is 396 g/mol. The zero-order valence-electron chi connectivity index (χ0n) is 16.1. The van der Waals surface area contributed by atoms with Crippen molar-refractivity contribution in [2.75, 3.05) is 13.6 Å². The standard InChI is InChI=1S/C20H29FN4O.ClH/c1-3-8-18(22)20(26)25(2)12-6-4-5-11-17-14-19(24-23-17)15-9-7-10-16(21)13-15;/h7,9-10,13-14,18H,3-6,8,11-12,22H2,1-2H3,(H,23,24);1H. The van der Waals surface area contributed by atoms with E-state index in [4.69, 9.17) is 5.73 Å². The van der Waals surface area contributed by atoms with Crippen LogP contribution < -0.4 is 5.73 Å². The maximum absolute atomic E-state index is 13.3. The Balaban J connectivity index is 0.00000364. The number of rotatable bonds is 10. The Kier molecular flexibility index (Phi) is 10.0. The van der Waals surface area contributed by atoms with Crippen LogP contribution in [0.4, 0.5) is 4.39 Å². The summed E-state index contributed by atoms with van der Waals surface area (Å²) in [4.78, 5) is 13.8. The van der Waals surface area contributed by atoms with Crippen LogP contribution in [0, 0.1) is 5.82 Å². The summed E-state index contributed by atoms with van der Waals surface area (Å²) in [7, 11) is 1.82. The summed E-state index contributed by atoms with van der Waals surface area (Å²) in [5.41, 5.74) is 8.44. The van der Waals surface area contributed by atoms with Crippen molar-refractivity contribution in [1.29, 1.82) is 0 Å². The third-order valence-electron chi connectivity index (χ3n) is 4.48. The Morgan fingerprint density at radius 2 is 2.07 bits per heavy atom. The SMILES string of the molecule is CCCC(N)C(=O)N(C)CCCCCc1cc(-c2cccc(F)c2)n[nH]1.Cl. The second-order valence-corrected chi connectivity index (χ2v) is 6.75. The summed E-state index contributed by atoms with van der Waals surface area (Å²) in [5, 5.41) is 7.27. The number of benzene rings is 1. The van der Waals surface area contributed by atoms with E-state index in [-0.39, 0.29) is 30.2 Å². The van der Waals surface area contributed by atoms with Gasteiger partial charge in [-0.25, -0.2) is 4.39 Å². The van der Waals surface area contributed by atoms with E-state index in [0.29, 0.717) is 0 Å². The normalized spacial score (nSPS) is 11.7. The van der Waals surface area contributed by atoms with Crippen molar-refractivity contribution in [1.82, 2.24) is 15.1 Å². The molecule has 0 aliphatic heterocycles. The van der Waals surface area contributed by atoms with Crippen LogP contribution in [0.1, 0.15) is 44.7 Å². The minimum atomic E-state index is -0.378. The van der Waals surface area contributed by atoms with E-state index in [1.54, 1.807) is 11.0 Å². The van der Waals surface area contributed by atoms with Crippen molar-refractivity contribution >= 4 is 18.3 Å². The summed E-state index contributed by atoms with van der Waals surface area (Å²) in [6.45, 7) is 2.76. The van der Waals surface area contributed by atoms with E-state index in [1.165, 1.54) is 12.1 Å². The summed E-state index contributed by atoms with van der Waals surface area (Å²) in [6, 6.07) is 8.02. The van der Waals surface area contributed by atoms with Crippen LogP contribution in [0.15, 0.2) is 30.3 Å². The lowest BCUT2D eigenvalue weighted by atomic mass is 10.1. The molecule has 1 unspecified atom stereocenters. The summed E-state index contributed by atoms with van der Waals surface area (Å²) >= 11 is 0. The largest absolute Gasteiger partial charge is 0.344 e. The second-order valence-electron chi connectivity index (χ2n) is 6.75. The van der Waals surface area contributed by atoms with Gasteiger partial charge in [0.05, 0.1) is 11.7 Å². The fraction of sp³-hybridized carbons (Fsp3) is 0.500. The molecule has 2 rings (SSSR count). The minimum Gasteiger partial charge on any atom is -0.344 e. The Labute approximate surface area is 166 Å². The van der Waals surface area contributed by atoms with Crippen molar-refractivity contribution in [2.45, 2.75) is 51.5 Å². The molecule has 0 fully saturated rings. The van der Waals surface area contributed by atoms with Crippen molar-refractivity contribution in [2.24, 2.45) is 5.73 Å². The number of hydrogen-bond donors (Lipinski definition) is 2. The van der Waals surface area contributed by atoms with Gasteiger partial charge in [-0.2, -0.15) is 5.10 Å². The topological polar surface area (TPSA) is 75.0 Å². The third-order valence-corrected chi connectivity index (χ3v) is 4.48. The van der Waals surface area contributed by atoms with Crippen LogP contribution in [-0.4, -0.2) is 40.6 Å². The Bertz CT molecular complexity index is 707. The molecule has 0 saturated heterocycles. The number of carbonyl (C=O) groups excluding carboxylic acids is 1. The molecule has 0 aliphatic carbocycles. The molecule has 3 N–H and O–H groups in total. The first-order valence-corrected chi connectivity index (χ1v) is 9.32. The highest BCUT2D eigenvalue weighted by molar-refractivity contribution is 5.85. The van der Waals surface area contributed by atoms with Gasteiger partial charge in [0.2, 0.25) is 5.91 Å². The molecule has 2 aromatic rings. The van der Waals surface area contributed by atoms with E-state index in [9.17, 15) is 9.18 Å². The fourth-order valence-electron chi connectivity index (χ4n) is 2.95. The van der Waals surface area contributed by atoms with Crippen LogP contribution in [-0.2, 0) is 11.2 Å². The van der Waals surface area contributed by atoms with Crippen molar-refractivity contribution in [3.8, 4) is 11.3 Å². The number of aromatic amines is 1. The summed E-state index contributed by atoms with van der Waals surface area (Å²) in [5.74, 6) is -0.232. The van der Waals surface area contributed by atoms with Crippen molar-refractivity contribution < 1.29 is 9.18 Å². The van der Waals surface area contributed by atoms with Crippen LogP contribution in [0.3, 0.4) is 0 Å². The van der Waals surface area contributed by atoms with Crippen molar-refractivity contribution in [3.05, 3.63) is 41.8 Å². The first kappa shape index (κ1) is 23.1. The van der Waals surface area contributed by atoms with Gasteiger partial charge >= 0.3 is 0 Å². The number of aryl methyl sites for hydroxylation is 1. The smallest absolute Gasteiger partial charge is 0.239 e. The number of hydrogen-bond acceptors (Lipinski definition) is 3. The minimum absolute atomic E-state index is 0. The maximum Gasteiger partial charge on any atom is 0.239 e. The highest BCUT2D eigenvalue weighted by Crippen LogP contribution is 2.19. The Hall–Kier alpha value is -1.92. The molecule has 0 saturated carbocycles. The number of amides is 1. The summed E-state index contributed by atoms with van der Waals surface area (Å²) < 4.78 is 13.3. The number of aromatic nitrogens is 2. The molecule has 0 bridgehead atoms. The first-order valence-electron chi connectivity index (χ1n) is 9.32. The first-order chi connectivity index (χ1) is 12.5. The number of nitrogens with two attached hydrogens (primary N) is 1. The highest BCUT2D eigenvalue weighted by atomic mass is 35.5. The predicted molar refractivity (Wildman–Crippen MR) is 109 cm³/mol. The molecule has 7 heteroatoms. The fourth-order valence-corrected chi connectivity index (χ4v) is 2.95. The van der Waals surface area contributed by atoms with E-state index in [0.717, 1.165) is 62.0 Å². The van der Waals surface area contributed by atoms with Gasteiger partial charge in [0, 0.05) is 24.8 Å². The lowest BCUT2D eigenvalue weighted by Crippen LogP contribution is -2.42. The molecule has 0 radical (unpaired) electrons. The van der Waals surface area contributed by atoms with Crippen LogP contribution in [0.2, 0.25) is 0 Å². The predicted octanol–water partition coefficient (Wildman–Crippen LogP) is 3.94. The van der Waals surface area contributed by atoms with Gasteiger partial charge < -0.3 is 10.6 Å². The third kappa shape index (κ3) is 7.31. The number of nitrogens with zero attached hydrogens (tertiary/aromatic N) is 2. The number of halogens is 2. The number of carbonyl (C=O) groups is 1. The lowest BCUT2D eigenvalue weighted by molar-refractivity contribution is -0.131. The van der Waals surface area contributed by atoms with Gasteiger partial charge in [-0.3, -0.25) is 9.89 Å². The molecular weight excluding hydrogens is 367 g/mol. The van der Waals surface area contributed by atoms with E-state index in [2.05, 4.69) is 10.2 Å². The Morgan fingerprint density at radius 3 is 2.78 bits per heavy atom. The van der Waals surface area contributed by atoms with Crippen LogP contribution in [0.5, 0.6) is 0 Å². The van der Waals surface area contributed by atoms with Gasteiger partial charge in [0.1, 0.15) is 5.82 Å². The molecule has 1 aromatic carbocycles. The average molecular weight is 397 g/mol. The van der Waals surface area contributed by atoms with Gasteiger partial charge in [-0.1, -0.05) is 31.9 Å². The van der Waals surface area contributed by atoms with Crippen LogP contribution >= 0.6 is 12.4 Å². The molecule has 1 heterocycles. The molecule has 0 spiro atoms. The zero-order valence-corrected chi connectivity index (χ0v) is 16.9. The van der Waals surface area contributed by atoms with E-state index >= 15 is 0 Å². The maximum atomic E-state index is 13.3. The number of H-pyrrole nitrogens is 1. The highest BCUT2D eigenvalue weighted by Gasteiger charge is 2.16. The average Bonchev–Trinajstić information content (AvgIpc) is 3.09. The molecule has 150 valence electrons. The molecular formula is C20H30ClFN4O. The molecule has 0 aliphatic rings. The molecule has 5 nitrogen and oxygen atoms in total. The number of likely N-dealkylation sites (N-methyl/N-ethyl adjacent to an activating group) is 1. The molecule has 1 atom stereocenters. The number of nitrogens with one attached hydrogen (secondary N) is 1. The summed E-state index contributed by atoms with van der Waals surface area (Å²) in [6.07, 6.45) is 5.52. The van der Waals surface area contributed by atoms with Gasteiger partial charge in [-0.05, 0) is 43.9 Å². The lowest BCUT2D eigenvalue weighted by Gasteiger charge is -2.20. The second kappa shape index (κ2) is 11.7. The zero-order chi connectivity index (χ0) is 18.9. The van der Waals surface area contributed by atoms with Gasteiger partial charge in [-0.15, -0.1) is 12.4 Å². The molecule has 27 heavy (non-hydrogen) atoms. The molecule has 1 amide bonds. The van der Waals surface area contributed by atoms with Gasteiger partial charge in [0.25, 0.3) is 0 Å². The molecule has 1 aromatic heterocycles. The van der Waals surface area contributed by atoms with Crippen molar-refractivity contribution in [3.63, 3.8) is 0 Å². The van der Waals surface area contributed by atoms with Gasteiger partial charge in [0.15, 0.2) is 0 Å². The Morgan fingerprint density at radius 1 is 1.30 bits per heavy atom. The van der Waals surface area contributed by atoms with E-state index < -0.39 is 0 Å². The van der Waals surface area contributed by atoms with Crippen LogP contribution in [0.25, 0.3) is 11.3 Å². The van der Waals surface area contributed by atoms with E-state index in [1.807, 2.05) is 26.1 Å². The number of unbranched alkanes of at least 4 members (excludes halogenated alkanes) is 2.